The molecule has 1 heteroatoms. The van der Waals surface area contributed by atoms with E-state index < -0.39 is 16.2 Å². The van der Waals surface area contributed by atoms with Crippen molar-refractivity contribution < 1.29 is 0 Å². The summed E-state index contributed by atoms with van der Waals surface area (Å²) in [4.78, 5) is 0. The Morgan fingerprint density at radius 2 is 0.536 bits per heavy atom. The molecule has 0 unspecified atom stereocenters. The Bertz CT molecular complexity index is 850. The summed E-state index contributed by atoms with van der Waals surface area (Å²) in [7, 11) is 0. The van der Waals surface area contributed by atoms with E-state index in [-0.39, 0.29) is 0 Å². The average molecular weight is 427 g/mol. The third kappa shape index (κ3) is 3.88. The summed E-state index contributed by atoms with van der Waals surface area (Å²) in [5.74, 6) is 0. The summed E-state index contributed by atoms with van der Waals surface area (Å²) in [6.07, 6.45) is 0. The molecular weight excluding hydrogens is 394 g/mol. The molecule has 0 radical (unpaired) electrons. The van der Waals surface area contributed by atoms with Crippen LogP contribution in [0.2, 0.25) is 0 Å². The van der Waals surface area contributed by atoms with Crippen molar-refractivity contribution in [3.63, 3.8) is 0 Å². The van der Waals surface area contributed by atoms with Gasteiger partial charge in [-0.1, -0.05) is 0 Å². The predicted octanol–water partition coefficient (Wildman–Crippen LogP) is 4.98. The number of hydrogen-bond acceptors (Lipinski definition) is 0. The van der Waals surface area contributed by atoms with E-state index in [1.54, 1.807) is 12.4 Å². The SMILES string of the molecule is Cc1cc(C)[c]([Ga]([c]2c(C)cc(C)cc2C)[c]2c(C)cc(C)cc2C)c(C)c1. The van der Waals surface area contributed by atoms with Crippen molar-refractivity contribution in [2.75, 3.05) is 0 Å². The van der Waals surface area contributed by atoms with Crippen LogP contribution in [0.15, 0.2) is 36.4 Å². The normalized spacial score (nSPS) is 11.0. The molecule has 0 aromatic heterocycles. The van der Waals surface area contributed by atoms with Gasteiger partial charge >= 0.3 is 177 Å². The number of rotatable bonds is 3. The fourth-order valence-corrected chi connectivity index (χ4v) is 14.0. The molecule has 0 N–H and O–H groups in total. The Kier molecular flexibility index (Phi) is 5.98. The molecule has 0 bridgehead atoms. The van der Waals surface area contributed by atoms with E-state index in [4.69, 9.17) is 0 Å². The van der Waals surface area contributed by atoms with Crippen molar-refractivity contribution in [1.29, 1.82) is 0 Å². The Morgan fingerprint density at radius 1 is 0.357 bits per heavy atom. The predicted molar refractivity (Wildman–Crippen MR) is 127 cm³/mol. The zero-order chi connectivity index (χ0) is 20.7. The standard InChI is InChI=1S/3C9H11.Ga/c3*1-7-4-8(2)6-9(3)5-7;/h3*4-5H,1-3H3;. The van der Waals surface area contributed by atoms with Crippen LogP contribution < -0.4 is 12.4 Å². The minimum atomic E-state index is -2.26. The molecule has 0 spiro atoms. The first kappa shape index (κ1) is 21.0. The third-order valence-electron chi connectivity index (χ3n) is 6.08. The van der Waals surface area contributed by atoms with Crippen LogP contribution in [0.4, 0.5) is 0 Å². The van der Waals surface area contributed by atoms with Gasteiger partial charge in [0.15, 0.2) is 0 Å². The topological polar surface area (TPSA) is 0 Å². The zero-order valence-electron chi connectivity index (χ0n) is 19.0. The van der Waals surface area contributed by atoms with Crippen LogP contribution in [0.5, 0.6) is 0 Å². The fraction of sp³-hybridized carbons (Fsp3) is 0.333. The monoisotopic (exact) mass is 426 g/mol. The summed E-state index contributed by atoms with van der Waals surface area (Å²) in [6, 6.07) is 14.3. The van der Waals surface area contributed by atoms with Gasteiger partial charge in [0.25, 0.3) is 0 Å². The van der Waals surface area contributed by atoms with E-state index in [2.05, 4.69) is 98.7 Å². The second-order valence-electron chi connectivity index (χ2n) is 8.87. The van der Waals surface area contributed by atoms with Gasteiger partial charge in [-0.15, -0.1) is 0 Å². The van der Waals surface area contributed by atoms with Gasteiger partial charge in [0.05, 0.1) is 0 Å². The van der Waals surface area contributed by atoms with Gasteiger partial charge in [-0.3, -0.25) is 0 Å². The molecule has 0 heterocycles. The second-order valence-corrected chi connectivity index (χ2v) is 14.3. The van der Waals surface area contributed by atoms with Crippen LogP contribution in [0.3, 0.4) is 0 Å². The summed E-state index contributed by atoms with van der Waals surface area (Å²) in [5, 5.41) is 0. The molecule has 0 nitrogen and oxygen atoms in total. The quantitative estimate of drug-likeness (QED) is 0.518. The van der Waals surface area contributed by atoms with Gasteiger partial charge in [-0.25, -0.2) is 0 Å². The van der Waals surface area contributed by atoms with Gasteiger partial charge < -0.3 is 0 Å². The molecule has 3 rings (SSSR count). The Balaban J connectivity index is 2.45. The average Bonchev–Trinajstić information content (AvgIpc) is 2.51. The molecule has 3 aromatic carbocycles. The molecule has 0 amide bonds. The van der Waals surface area contributed by atoms with Gasteiger partial charge in [0.2, 0.25) is 0 Å². The maximum atomic E-state index is 2.39. The van der Waals surface area contributed by atoms with E-state index in [0.717, 1.165) is 0 Å². The maximum absolute atomic E-state index is 2.39. The molecule has 0 atom stereocenters. The first-order valence-corrected chi connectivity index (χ1v) is 14.0. The van der Waals surface area contributed by atoms with Gasteiger partial charge in [0, 0.05) is 0 Å². The van der Waals surface area contributed by atoms with E-state index in [0.29, 0.717) is 0 Å². The summed E-state index contributed by atoms with van der Waals surface area (Å²) < 4.78 is 4.97. The first-order valence-electron chi connectivity index (χ1n) is 10.3. The van der Waals surface area contributed by atoms with Crippen LogP contribution in [0.1, 0.15) is 50.1 Å². The van der Waals surface area contributed by atoms with Crippen molar-refractivity contribution in [3.05, 3.63) is 86.5 Å². The van der Waals surface area contributed by atoms with E-state index in [9.17, 15) is 0 Å². The van der Waals surface area contributed by atoms with Crippen LogP contribution in [-0.2, 0) is 0 Å². The number of hydrogen-bond donors (Lipinski definition) is 0. The van der Waals surface area contributed by atoms with Crippen LogP contribution >= 0.6 is 0 Å². The van der Waals surface area contributed by atoms with Crippen molar-refractivity contribution in [2.45, 2.75) is 62.3 Å². The molecular formula is C27H33Ga. The molecule has 3 aromatic rings. The van der Waals surface area contributed by atoms with Crippen molar-refractivity contribution in [3.8, 4) is 0 Å². The summed E-state index contributed by atoms with van der Waals surface area (Å²) in [6.45, 7) is 20.6. The third-order valence-corrected chi connectivity index (χ3v) is 15.4. The summed E-state index contributed by atoms with van der Waals surface area (Å²) in [5.41, 5.74) is 13.0. The number of benzene rings is 3. The van der Waals surface area contributed by atoms with Gasteiger partial charge in [-0.2, -0.15) is 0 Å². The fourth-order valence-electron chi connectivity index (χ4n) is 5.37. The molecule has 0 fully saturated rings. The van der Waals surface area contributed by atoms with Crippen molar-refractivity contribution in [1.82, 2.24) is 0 Å². The van der Waals surface area contributed by atoms with Crippen LogP contribution in [0.25, 0.3) is 0 Å². The van der Waals surface area contributed by atoms with Crippen molar-refractivity contribution >= 4 is 28.6 Å². The van der Waals surface area contributed by atoms with Crippen LogP contribution in [-0.4, -0.2) is 16.2 Å². The number of aryl methyl sites for hydroxylation is 9. The molecule has 0 aliphatic rings. The van der Waals surface area contributed by atoms with Crippen LogP contribution in [0, 0.1) is 62.3 Å². The molecule has 0 saturated heterocycles. The Labute approximate surface area is 177 Å². The molecule has 28 heavy (non-hydrogen) atoms. The van der Waals surface area contributed by atoms with Gasteiger partial charge in [0.1, 0.15) is 0 Å². The summed E-state index contributed by atoms with van der Waals surface area (Å²) >= 11 is -2.26. The second kappa shape index (κ2) is 7.97. The minimum absolute atomic E-state index is 1.37. The van der Waals surface area contributed by atoms with E-state index >= 15 is 0 Å². The zero-order valence-corrected chi connectivity index (χ0v) is 21.5. The Hall–Kier alpha value is -1.70. The molecule has 0 aliphatic carbocycles. The first-order chi connectivity index (χ1) is 13.1. The molecule has 0 aliphatic heterocycles. The van der Waals surface area contributed by atoms with E-state index in [1.165, 1.54) is 50.1 Å². The molecule has 0 saturated carbocycles. The van der Waals surface area contributed by atoms with Gasteiger partial charge in [-0.05, 0) is 0 Å². The molecule has 144 valence electrons. The van der Waals surface area contributed by atoms with Crippen molar-refractivity contribution in [2.24, 2.45) is 0 Å². The Morgan fingerprint density at radius 3 is 0.714 bits per heavy atom. The van der Waals surface area contributed by atoms with E-state index in [1.807, 2.05) is 0 Å².